The van der Waals surface area contributed by atoms with Crippen LogP contribution >= 0.6 is 11.8 Å². The van der Waals surface area contributed by atoms with Gasteiger partial charge in [0.1, 0.15) is 0 Å². The molecule has 4 nitrogen and oxygen atoms in total. The van der Waals surface area contributed by atoms with Crippen LogP contribution in [-0.4, -0.2) is 46.3 Å². The summed E-state index contributed by atoms with van der Waals surface area (Å²) in [7, 11) is 0. The zero-order valence-electron chi connectivity index (χ0n) is 13.4. The van der Waals surface area contributed by atoms with E-state index in [1.807, 2.05) is 4.90 Å². The minimum Gasteiger partial charge on any atom is -0.338 e. The molecule has 1 aromatic carbocycles. The maximum Gasteiger partial charge on any atom is 0.281 e. The second kappa shape index (κ2) is 8.22. The molecule has 0 spiro atoms. The van der Waals surface area contributed by atoms with Crippen molar-refractivity contribution >= 4 is 22.9 Å². The Morgan fingerprint density at radius 3 is 2.64 bits per heavy atom. The fourth-order valence-corrected chi connectivity index (χ4v) is 3.34. The number of rotatable bonds is 7. The second-order valence-electron chi connectivity index (χ2n) is 5.65. The number of aryl methyl sites for hydroxylation is 1. The Balaban J connectivity index is 1.89. The van der Waals surface area contributed by atoms with Gasteiger partial charge in [0.2, 0.25) is 5.91 Å². The van der Waals surface area contributed by atoms with Crippen LogP contribution in [-0.2, 0) is 11.3 Å². The van der Waals surface area contributed by atoms with E-state index in [0.29, 0.717) is 19.5 Å². The fourth-order valence-electron chi connectivity index (χ4n) is 2.49. The molecule has 1 fully saturated rings. The van der Waals surface area contributed by atoms with Crippen molar-refractivity contribution in [2.45, 2.75) is 33.2 Å². The van der Waals surface area contributed by atoms with Gasteiger partial charge in [-0.2, -0.15) is 0 Å². The summed E-state index contributed by atoms with van der Waals surface area (Å²) in [6.45, 7) is 6.85. The van der Waals surface area contributed by atoms with Crippen molar-refractivity contribution in [1.29, 1.82) is 0 Å². The molecule has 1 aromatic rings. The van der Waals surface area contributed by atoms with E-state index in [4.69, 9.17) is 0 Å². The molecule has 0 aromatic heterocycles. The number of hydrogen-bond donors (Lipinski definition) is 0. The molecule has 120 valence electrons. The standard InChI is InChI=1S/C17H24N2O2S/c1-3-9-19(13-15-6-4-14(2)5-7-15)16(20)8-10-18-11-12-22-17(18)21/h4-7H,3,8-13H2,1-2H3. The normalized spacial score (nSPS) is 14.5. The average molecular weight is 320 g/mol. The highest BCUT2D eigenvalue weighted by atomic mass is 32.2. The lowest BCUT2D eigenvalue weighted by Gasteiger charge is -2.24. The lowest BCUT2D eigenvalue weighted by atomic mass is 10.1. The lowest BCUT2D eigenvalue weighted by Crippen LogP contribution is -2.35. The molecule has 0 radical (unpaired) electrons. The molecule has 1 saturated heterocycles. The Labute approximate surface area is 136 Å². The van der Waals surface area contributed by atoms with Crippen LogP contribution in [0.2, 0.25) is 0 Å². The summed E-state index contributed by atoms with van der Waals surface area (Å²) in [4.78, 5) is 27.7. The first kappa shape index (κ1) is 16.9. The molecule has 2 amide bonds. The number of carbonyl (C=O) groups excluding carboxylic acids is 2. The summed E-state index contributed by atoms with van der Waals surface area (Å²) in [5.41, 5.74) is 2.38. The largest absolute Gasteiger partial charge is 0.338 e. The summed E-state index contributed by atoms with van der Waals surface area (Å²) in [5.74, 6) is 0.974. The summed E-state index contributed by atoms with van der Waals surface area (Å²) in [6.07, 6.45) is 1.36. The zero-order valence-corrected chi connectivity index (χ0v) is 14.2. The topological polar surface area (TPSA) is 40.6 Å². The van der Waals surface area contributed by atoms with Crippen LogP contribution < -0.4 is 0 Å². The van der Waals surface area contributed by atoms with Crippen molar-refractivity contribution in [3.05, 3.63) is 35.4 Å². The van der Waals surface area contributed by atoms with Gasteiger partial charge in [0.25, 0.3) is 5.24 Å². The molecule has 1 heterocycles. The Hall–Kier alpha value is -1.49. The quantitative estimate of drug-likeness (QED) is 0.774. The molecule has 0 atom stereocenters. The van der Waals surface area contributed by atoms with Gasteiger partial charge >= 0.3 is 0 Å². The lowest BCUT2D eigenvalue weighted by molar-refractivity contribution is -0.132. The minimum absolute atomic E-state index is 0.105. The van der Waals surface area contributed by atoms with Gasteiger partial charge in [0.15, 0.2) is 0 Å². The number of amides is 2. The molecule has 1 aliphatic heterocycles. The molecule has 0 saturated carbocycles. The Kier molecular flexibility index (Phi) is 6.31. The number of carbonyl (C=O) groups is 2. The fraction of sp³-hybridized carbons (Fsp3) is 0.529. The number of hydrogen-bond acceptors (Lipinski definition) is 3. The number of benzene rings is 1. The van der Waals surface area contributed by atoms with Crippen molar-refractivity contribution in [1.82, 2.24) is 9.80 Å². The molecular formula is C17H24N2O2S. The third-order valence-electron chi connectivity index (χ3n) is 3.78. The summed E-state index contributed by atoms with van der Waals surface area (Å²) in [6, 6.07) is 8.30. The third kappa shape index (κ3) is 4.77. The van der Waals surface area contributed by atoms with Crippen molar-refractivity contribution < 1.29 is 9.59 Å². The van der Waals surface area contributed by atoms with Crippen LogP contribution in [0.3, 0.4) is 0 Å². The molecule has 5 heteroatoms. The van der Waals surface area contributed by atoms with Crippen molar-refractivity contribution in [3.8, 4) is 0 Å². The van der Waals surface area contributed by atoms with Gasteiger partial charge in [-0.25, -0.2) is 0 Å². The van der Waals surface area contributed by atoms with E-state index in [2.05, 4.69) is 38.1 Å². The van der Waals surface area contributed by atoms with Crippen molar-refractivity contribution in [3.63, 3.8) is 0 Å². The van der Waals surface area contributed by atoms with Gasteiger partial charge in [-0.3, -0.25) is 9.59 Å². The number of thioether (sulfide) groups is 1. The molecular weight excluding hydrogens is 296 g/mol. The molecule has 0 bridgehead atoms. The van der Waals surface area contributed by atoms with Gasteiger partial charge in [0.05, 0.1) is 0 Å². The van der Waals surface area contributed by atoms with E-state index < -0.39 is 0 Å². The van der Waals surface area contributed by atoms with Crippen LogP contribution in [0.5, 0.6) is 0 Å². The van der Waals surface area contributed by atoms with E-state index in [1.54, 1.807) is 4.90 Å². The predicted octanol–water partition coefficient (Wildman–Crippen LogP) is 3.29. The highest BCUT2D eigenvalue weighted by Gasteiger charge is 2.22. The summed E-state index contributed by atoms with van der Waals surface area (Å²) in [5, 5.41) is 0.105. The molecule has 1 aliphatic rings. The molecule has 22 heavy (non-hydrogen) atoms. The van der Waals surface area contributed by atoms with Crippen LogP contribution in [0, 0.1) is 6.92 Å². The minimum atomic E-state index is 0.105. The van der Waals surface area contributed by atoms with E-state index in [-0.39, 0.29) is 11.1 Å². The van der Waals surface area contributed by atoms with Crippen molar-refractivity contribution in [2.75, 3.05) is 25.4 Å². The van der Waals surface area contributed by atoms with Gasteiger partial charge in [-0.15, -0.1) is 0 Å². The van der Waals surface area contributed by atoms with E-state index >= 15 is 0 Å². The van der Waals surface area contributed by atoms with Crippen LogP contribution in [0.1, 0.15) is 30.9 Å². The Bertz CT molecular complexity index is 516. The molecule has 0 N–H and O–H groups in total. The zero-order chi connectivity index (χ0) is 15.9. The highest BCUT2D eigenvalue weighted by molar-refractivity contribution is 8.13. The summed E-state index contributed by atoms with van der Waals surface area (Å²) >= 11 is 1.34. The van der Waals surface area contributed by atoms with E-state index in [0.717, 1.165) is 30.8 Å². The third-order valence-corrected chi connectivity index (χ3v) is 4.67. The molecule has 0 unspecified atom stereocenters. The van der Waals surface area contributed by atoms with Crippen molar-refractivity contribution in [2.24, 2.45) is 0 Å². The molecule has 0 aliphatic carbocycles. The molecule has 2 rings (SSSR count). The first-order chi connectivity index (χ1) is 10.6. The summed E-state index contributed by atoms with van der Waals surface area (Å²) < 4.78 is 0. The SMILES string of the molecule is CCCN(Cc1ccc(C)cc1)C(=O)CCN1CCSC1=O. The van der Waals surface area contributed by atoms with E-state index in [9.17, 15) is 9.59 Å². The van der Waals surface area contributed by atoms with Gasteiger partial charge in [0, 0.05) is 38.4 Å². The van der Waals surface area contributed by atoms with Crippen LogP contribution in [0.15, 0.2) is 24.3 Å². The number of nitrogens with zero attached hydrogens (tertiary/aromatic N) is 2. The first-order valence-electron chi connectivity index (χ1n) is 7.85. The second-order valence-corrected chi connectivity index (χ2v) is 6.70. The predicted molar refractivity (Wildman–Crippen MR) is 90.9 cm³/mol. The maximum atomic E-state index is 12.4. The Morgan fingerprint density at radius 2 is 2.05 bits per heavy atom. The Morgan fingerprint density at radius 1 is 1.32 bits per heavy atom. The maximum absolute atomic E-state index is 12.4. The van der Waals surface area contributed by atoms with Crippen LogP contribution in [0.25, 0.3) is 0 Å². The highest BCUT2D eigenvalue weighted by Crippen LogP contribution is 2.17. The monoisotopic (exact) mass is 320 g/mol. The van der Waals surface area contributed by atoms with Gasteiger partial charge in [-0.1, -0.05) is 48.5 Å². The van der Waals surface area contributed by atoms with Gasteiger partial charge in [-0.05, 0) is 18.9 Å². The van der Waals surface area contributed by atoms with E-state index in [1.165, 1.54) is 17.3 Å². The van der Waals surface area contributed by atoms with Crippen LogP contribution in [0.4, 0.5) is 4.79 Å². The first-order valence-corrected chi connectivity index (χ1v) is 8.83. The average Bonchev–Trinajstić information content (AvgIpc) is 2.92. The smallest absolute Gasteiger partial charge is 0.281 e. The van der Waals surface area contributed by atoms with Gasteiger partial charge < -0.3 is 9.80 Å².